The molecule has 1 fully saturated rings. The summed E-state index contributed by atoms with van der Waals surface area (Å²) in [5.74, 6) is -11.2. The second kappa shape index (κ2) is 33.1. The van der Waals surface area contributed by atoms with Crippen molar-refractivity contribution < 1.29 is 78.0 Å². The predicted octanol–water partition coefficient (Wildman–Crippen LogP) is -4.24. The molecule has 0 bridgehead atoms. The Bertz CT molecular complexity index is 2300. The number of benzene rings is 1. The van der Waals surface area contributed by atoms with Crippen molar-refractivity contribution >= 4 is 70.9 Å². The topological polar surface area (TPSA) is 449 Å². The van der Waals surface area contributed by atoms with Gasteiger partial charge in [0.15, 0.2) is 0 Å². The Kier molecular flexibility index (Phi) is 28.3. The molecule has 2 rings (SSSR count). The van der Waals surface area contributed by atoms with Crippen LogP contribution in [0.3, 0.4) is 0 Å². The molecule has 1 aliphatic heterocycles. The van der Waals surface area contributed by atoms with Crippen molar-refractivity contribution in [2.24, 2.45) is 29.2 Å². The van der Waals surface area contributed by atoms with Gasteiger partial charge in [-0.15, -0.1) is 0 Å². The lowest BCUT2D eigenvalue weighted by molar-refractivity contribution is -0.143. The highest BCUT2D eigenvalue weighted by Crippen LogP contribution is 2.21. The number of carboxylic acid groups (broad SMARTS) is 1. The third-order valence-electron chi connectivity index (χ3n) is 12.4. The van der Waals surface area contributed by atoms with Gasteiger partial charge in [-0.05, 0) is 87.8 Å². The van der Waals surface area contributed by atoms with Crippen LogP contribution in [0.4, 0.5) is 0 Å². The normalized spacial score (nSPS) is 16.6. The van der Waals surface area contributed by atoms with Gasteiger partial charge in [-0.25, -0.2) is 0 Å². The molecule has 28 heteroatoms. The zero-order valence-electron chi connectivity index (χ0n) is 46.1. The number of nitrogens with zero attached hydrogens (tertiary/aromatic N) is 1. The first-order valence-electron chi connectivity index (χ1n) is 26.2. The Morgan fingerprint density at radius 2 is 1.13 bits per heavy atom. The Morgan fingerprint density at radius 1 is 0.620 bits per heavy atom. The van der Waals surface area contributed by atoms with Crippen LogP contribution in [0.25, 0.3) is 0 Å². The van der Waals surface area contributed by atoms with E-state index in [1.165, 1.54) is 43.0 Å². The van der Waals surface area contributed by atoms with Crippen LogP contribution in [0.15, 0.2) is 24.3 Å². The van der Waals surface area contributed by atoms with E-state index in [1.807, 2.05) is 0 Å². The fourth-order valence-electron chi connectivity index (χ4n) is 8.27. The second-order valence-corrected chi connectivity index (χ2v) is 20.9. The van der Waals surface area contributed by atoms with E-state index in [2.05, 4.69) is 47.9 Å². The van der Waals surface area contributed by atoms with Crippen LogP contribution in [0.2, 0.25) is 0 Å². The van der Waals surface area contributed by atoms with Crippen molar-refractivity contribution in [2.75, 3.05) is 26.2 Å². The summed E-state index contributed by atoms with van der Waals surface area (Å²) in [6.45, 7) is 10.8. The summed E-state index contributed by atoms with van der Waals surface area (Å²) in [7, 11) is 0. The van der Waals surface area contributed by atoms with E-state index in [9.17, 15) is 72.9 Å². The molecule has 0 saturated carbocycles. The molecule has 0 unspecified atom stereocenters. The summed E-state index contributed by atoms with van der Waals surface area (Å²) in [6, 6.07) is -6.33. The maximum Gasteiger partial charge on any atom is 0.322 e. The molecule has 1 aromatic rings. The average molecular weight is 1120 g/mol. The molecule has 1 aliphatic rings. The van der Waals surface area contributed by atoms with Gasteiger partial charge in [0, 0.05) is 19.4 Å². The minimum atomic E-state index is -1.74. The van der Waals surface area contributed by atoms with Gasteiger partial charge < -0.3 is 84.6 Å². The van der Waals surface area contributed by atoms with Crippen LogP contribution in [-0.4, -0.2) is 183 Å². The first-order chi connectivity index (χ1) is 36.9. The fourth-order valence-corrected chi connectivity index (χ4v) is 8.27. The second-order valence-electron chi connectivity index (χ2n) is 20.9. The lowest BCUT2D eigenvalue weighted by Crippen LogP contribution is -2.62. The molecule has 17 N–H and O–H groups in total. The molecular weight excluding hydrogens is 1040 g/mol. The van der Waals surface area contributed by atoms with Crippen molar-refractivity contribution in [3.05, 3.63) is 29.8 Å². The summed E-state index contributed by atoms with van der Waals surface area (Å²) in [5.41, 5.74) is 11.7. The van der Waals surface area contributed by atoms with E-state index in [0.717, 1.165) is 0 Å². The fraction of sp³-hybridized carbons (Fsp3) is 0.647. The molecular formula is C51H82N12O16. The summed E-state index contributed by atoms with van der Waals surface area (Å²) in [4.78, 5) is 158. The number of primary amides is 1. The smallest absolute Gasteiger partial charge is 0.322 e. The summed E-state index contributed by atoms with van der Waals surface area (Å²) < 4.78 is 0. The first kappa shape index (κ1) is 67.6. The van der Waals surface area contributed by atoms with E-state index < -0.39 is 151 Å². The van der Waals surface area contributed by atoms with Crippen LogP contribution < -0.4 is 59.3 Å². The van der Waals surface area contributed by atoms with Crippen LogP contribution in [-0.2, 0) is 64.0 Å². The van der Waals surface area contributed by atoms with Crippen molar-refractivity contribution in [1.82, 2.24) is 52.8 Å². The SMILES string of the molecule is CC(C)C[C@H](NC(=O)CNC(=O)[C@H](C)NC(=O)[C@H](CC(C)C)NC(=O)[C@H](Cc1ccc(O)cc1)NC(=O)[C@@H](N)CCC(N)=O)C(=O)N[C@@H](CO)C(=O)N[C@H](C(=O)N[C@@H](CC(C)C)C(=O)N1CCC[C@H]1C(=O)NCC(=O)O)[C@@H](C)O. The largest absolute Gasteiger partial charge is 0.508 e. The van der Waals surface area contributed by atoms with Crippen molar-refractivity contribution in [2.45, 2.75) is 167 Å². The minimum Gasteiger partial charge on any atom is -0.508 e. The first-order valence-corrected chi connectivity index (χ1v) is 26.2. The van der Waals surface area contributed by atoms with Gasteiger partial charge in [-0.1, -0.05) is 53.7 Å². The number of amides is 11. The number of aromatic hydroxyl groups is 1. The predicted molar refractivity (Wildman–Crippen MR) is 283 cm³/mol. The van der Waals surface area contributed by atoms with Gasteiger partial charge in [0.1, 0.15) is 60.6 Å². The number of phenolic OH excluding ortho intramolecular Hbond substituents is 1. The van der Waals surface area contributed by atoms with Crippen molar-refractivity contribution in [3.8, 4) is 5.75 Å². The number of nitrogens with one attached hydrogen (secondary N) is 9. The molecule has 0 spiro atoms. The molecule has 1 aromatic carbocycles. The lowest BCUT2D eigenvalue weighted by atomic mass is 10.0. The zero-order chi connectivity index (χ0) is 59.8. The number of carboxylic acids is 1. The van der Waals surface area contributed by atoms with E-state index in [4.69, 9.17) is 16.6 Å². The van der Waals surface area contributed by atoms with Gasteiger partial charge in [0.25, 0.3) is 0 Å². The molecule has 0 radical (unpaired) electrons. The van der Waals surface area contributed by atoms with Gasteiger partial charge in [0.2, 0.25) is 65.0 Å². The molecule has 442 valence electrons. The van der Waals surface area contributed by atoms with Gasteiger partial charge in [-0.3, -0.25) is 57.5 Å². The van der Waals surface area contributed by atoms with E-state index in [-0.39, 0.29) is 75.0 Å². The highest BCUT2D eigenvalue weighted by molar-refractivity contribution is 5.98. The molecule has 11 amide bonds. The number of likely N-dealkylation sites (tertiary alicyclic amines) is 1. The van der Waals surface area contributed by atoms with Crippen LogP contribution >= 0.6 is 0 Å². The number of hydrogen-bond acceptors (Lipinski definition) is 16. The van der Waals surface area contributed by atoms with Crippen molar-refractivity contribution in [1.29, 1.82) is 0 Å². The third-order valence-corrected chi connectivity index (χ3v) is 12.4. The van der Waals surface area contributed by atoms with Gasteiger partial charge in [0.05, 0.1) is 25.3 Å². The Morgan fingerprint density at radius 3 is 1.67 bits per heavy atom. The maximum absolute atomic E-state index is 13.8. The lowest BCUT2D eigenvalue weighted by Gasteiger charge is -2.31. The molecule has 1 saturated heterocycles. The quantitative estimate of drug-likeness (QED) is 0.0317. The number of phenols is 1. The Labute approximate surface area is 458 Å². The number of rotatable bonds is 33. The summed E-state index contributed by atoms with van der Waals surface area (Å²) in [6.07, 6.45) is -1.19. The van der Waals surface area contributed by atoms with Crippen LogP contribution in [0, 0.1) is 17.8 Å². The Balaban J connectivity index is 2.13. The molecule has 0 aromatic heterocycles. The molecule has 28 nitrogen and oxygen atoms in total. The maximum atomic E-state index is 13.8. The summed E-state index contributed by atoms with van der Waals surface area (Å²) >= 11 is 0. The number of carbonyl (C=O) groups excluding carboxylic acids is 11. The van der Waals surface area contributed by atoms with Crippen molar-refractivity contribution in [3.63, 3.8) is 0 Å². The van der Waals surface area contributed by atoms with E-state index in [1.54, 1.807) is 41.5 Å². The minimum absolute atomic E-state index is 0.00858. The number of aliphatic carboxylic acids is 1. The monoisotopic (exact) mass is 1120 g/mol. The molecule has 0 aliphatic carbocycles. The van der Waals surface area contributed by atoms with E-state index >= 15 is 0 Å². The highest BCUT2D eigenvalue weighted by atomic mass is 16.4. The van der Waals surface area contributed by atoms with E-state index in [0.29, 0.717) is 12.0 Å². The number of hydrogen-bond donors (Lipinski definition) is 15. The number of aliphatic hydroxyl groups excluding tert-OH is 2. The molecule has 1 heterocycles. The molecule has 10 atom stereocenters. The Hall–Kier alpha value is -7.46. The average Bonchev–Trinajstić information content (AvgIpc) is 3.87. The third kappa shape index (κ3) is 24.0. The number of aliphatic hydroxyl groups is 2. The highest BCUT2D eigenvalue weighted by Gasteiger charge is 2.40. The van der Waals surface area contributed by atoms with Gasteiger partial charge in [-0.2, -0.15) is 0 Å². The zero-order valence-corrected chi connectivity index (χ0v) is 46.1. The van der Waals surface area contributed by atoms with Crippen LogP contribution in [0.5, 0.6) is 5.75 Å². The number of carbonyl (C=O) groups is 12. The van der Waals surface area contributed by atoms with Crippen LogP contribution in [0.1, 0.15) is 106 Å². The summed E-state index contributed by atoms with van der Waals surface area (Å²) in [5, 5.41) is 61.5. The van der Waals surface area contributed by atoms with Gasteiger partial charge >= 0.3 is 5.97 Å². The molecule has 79 heavy (non-hydrogen) atoms. The number of nitrogens with two attached hydrogens (primary N) is 2. The standard InChI is InChI=1S/C51H82N12O16/c1-25(2)18-33(46(74)61-37(24-64)48(76)62-42(29(8)65)50(78)60-36(20-27(5)6)51(79)63-17-9-10-38(63)49(77)55-23-41(69)70)57-40(68)22-54-43(71)28(7)56-45(73)34(19-26(3)4)59-47(75)35(21-30-11-13-31(66)14-12-30)58-44(72)32(52)15-16-39(53)67/h11-14,25-29,32-38,42,64-66H,9-10,15-24,52H2,1-8H3,(H2,53,67)(H,54,71)(H,55,77)(H,56,73)(H,57,68)(H,58,72)(H,59,75)(H,60,78)(H,61,74)(H,62,76)(H,69,70)/t28-,29+,32-,33-,34-,35-,36-,37-,38-,42-/m0/s1.